The molecule has 1 aliphatic heterocycles. The number of benzene rings is 1. The fourth-order valence-electron chi connectivity index (χ4n) is 1.56. The van der Waals surface area contributed by atoms with Gasteiger partial charge < -0.3 is 20.1 Å². The number of rotatable bonds is 2. The van der Waals surface area contributed by atoms with Crippen LogP contribution in [-0.2, 0) is 9.59 Å². The monoisotopic (exact) mass is 250 g/mol. The van der Waals surface area contributed by atoms with Gasteiger partial charge in [0.2, 0.25) is 0 Å². The summed E-state index contributed by atoms with van der Waals surface area (Å²) in [6, 6.07) is 7.31. The molecule has 0 aliphatic carbocycles. The smallest absolute Gasteiger partial charge is 0.309 e. The van der Waals surface area contributed by atoms with Crippen molar-refractivity contribution < 1.29 is 19.1 Å². The van der Waals surface area contributed by atoms with Crippen molar-refractivity contribution in [1.29, 1.82) is 0 Å². The highest BCUT2D eigenvalue weighted by atomic mass is 16.6. The second-order valence-electron chi connectivity index (χ2n) is 3.79. The van der Waals surface area contributed by atoms with Gasteiger partial charge in [-0.2, -0.15) is 0 Å². The molecule has 0 bridgehead atoms. The number of hydrogen-bond acceptors (Lipinski definition) is 4. The van der Waals surface area contributed by atoms with Gasteiger partial charge in [-0.25, -0.2) is 0 Å². The SMILES string of the molecule is CNC(=O)C(=O)NCC1COc2ccccc2O1. The highest BCUT2D eigenvalue weighted by Crippen LogP contribution is 2.30. The molecule has 0 fully saturated rings. The van der Waals surface area contributed by atoms with E-state index in [1.807, 2.05) is 18.2 Å². The first-order valence-corrected chi connectivity index (χ1v) is 5.59. The van der Waals surface area contributed by atoms with Crippen LogP contribution in [0.4, 0.5) is 0 Å². The van der Waals surface area contributed by atoms with E-state index < -0.39 is 11.8 Å². The Labute approximate surface area is 104 Å². The van der Waals surface area contributed by atoms with Gasteiger partial charge in [0.15, 0.2) is 11.5 Å². The Hall–Kier alpha value is -2.24. The van der Waals surface area contributed by atoms with Crippen LogP contribution in [0, 0.1) is 0 Å². The largest absolute Gasteiger partial charge is 0.486 e. The second-order valence-corrected chi connectivity index (χ2v) is 3.79. The summed E-state index contributed by atoms with van der Waals surface area (Å²) in [6.07, 6.45) is -0.298. The molecule has 0 radical (unpaired) electrons. The van der Waals surface area contributed by atoms with E-state index in [0.717, 1.165) is 0 Å². The van der Waals surface area contributed by atoms with Crippen LogP contribution in [0.2, 0.25) is 0 Å². The van der Waals surface area contributed by atoms with E-state index in [4.69, 9.17) is 9.47 Å². The van der Waals surface area contributed by atoms with Gasteiger partial charge in [0.1, 0.15) is 12.7 Å². The lowest BCUT2D eigenvalue weighted by atomic mass is 10.2. The first kappa shape index (κ1) is 12.2. The molecule has 1 aliphatic rings. The van der Waals surface area contributed by atoms with Crippen molar-refractivity contribution in [2.75, 3.05) is 20.2 Å². The quantitative estimate of drug-likeness (QED) is 0.706. The zero-order valence-electron chi connectivity index (χ0n) is 9.93. The Bertz CT molecular complexity index is 461. The van der Waals surface area contributed by atoms with E-state index in [1.165, 1.54) is 7.05 Å². The van der Waals surface area contributed by atoms with E-state index >= 15 is 0 Å². The molecule has 0 saturated heterocycles. The maximum atomic E-state index is 11.2. The maximum Gasteiger partial charge on any atom is 0.309 e. The zero-order valence-corrected chi connectivity index (χ0v) is 9.93. The third-order valence-corrected chi connectivity index (χ3v) is 2.49. The number of carbonyl (C=O) groups is 2. The summed E-state index contributed by atoms with van der Waals surface area (Å²) < 4.78 is 11.1. The van der Waals surface area contributed by atoms with Crippen molar-refractivity contribution in [3.63, 3.8) is 0 Å². The van der Waals surface area contributed by atoms with Gasteiger partial charge in [0.25, 0.3) is 0 Å². The number of likely N-dealkylation sites (N-methyl/N-ethyl adjacent to an activating group) is 1. The average Bonchev–Trinajstić information content (AvgIpc) is 2.43. The second kappa shape index (κ2) is 5.39. The number of hydrogen-bond donors (Lipinski definition) is 2. The van der Waals surface area contributed by atoms with Gasteiger partial charge >= 0.3 is 11.8 Å². The van der Waals surface area contributed by atoms with Gasteiger partial charge in [-0.3, -0.25) is 9.59 Å². The van der Waals surface area contributed by atoms with Crippen molar-refractivity contribution in [3.05, 3.63) is 24.3 Å². The third kappa shape index (κ3) is 2.71. The molecule has 1 aromatic carbocycles. The summed E-state index contributed by atoms with van der Waals surface area (Å²) in [5.74, 6) is -0.0265. The standard InChI is InChI=1S/C12H14N2O4/c1-13-11(15)12(16)14-6-8-7-17-9-4-2-3-5-10(9)18-8/h2-5,8H,6-7H2,1H3,(H,13,15)(H,14,16). The number of para-hydroxylation sites is 2. The van der Waals surface area contributed by atoms with Crippen LogP contribution < -0.4 is 20.1 Å². The van der Waals surface area contributed by atoms with Crippen molar-refractivity contribution in [2.24, 2.45) is 0 Å². The number of fused-ring (bicyclic) bond motifs is 1. The molecular formula is C12H14N2O4. The predicted octanol–water partition coefficient (Wildman–Crippen LogP) is -0.311. The van der Waals surface area contributed by atoms with Crippen LogP contribution in [0.1, 0.15) is 0 Å². The lowest BCUT2D eigenvalue weighted by Gasteiger charge is -2.26. The Kier molecular flexibility index (Phi) is 3.66. The molecule has 0 aromatic heterocycles. The van der Waals surface area contributed by atoms with Gasteiger partial charge in [-0.15, -0.1) is 0 Å². The van der Waals surface area contributed by atoms with E-state index in [0.29, 0.717) is 18.1 Å². The molecule has 96 valence electrons. The van der Waals surface area contributed by atoms with Crippen LogP contribution in [0.3, 0.4) is 0 Å². The van der Waals surface area contributed by atoms with Crippen LogP contribution in [-0.4, -0.2) is 38.1 Å². The van der Waals surface area contributed by atoms with Crippen molar-refractivity contribution in [3.8, 4) is 11.5 Å². The Morgan fingerprint density at radius 3 is 2.72 bits per heavy atom. The van der Waals surface area contributed by atoms with Crippen LogP contribution in [0.15, 0.2) is 24.3 Å². The molecule has 2 N–H and O–H groups in total. The number of amides is 2. The van der Waals surface area contributed by atoms with Gasteiger partial charge in [0, 0.05) is 7.05 Å². The van der Waals surface area contributed by atoms with Crippen molar-refractivity contribution in [1.82, 2.24) is 10.6 Å². The lowest BCUT2D eigenvalue weighted by Crippen LogP contribution is -2.45. The lowest BCUT2D eigenvalue weighted by molar-refractivity contribution is -0.139. The summed E-state index contributed by atoms with van der Waals surface area (Å²) in [6.45, 7) is 0.561. The van der Waals surface area contributed by atoms with Crippen molar-refractivity contribution >= 4 is 11.8 Å². The molecule has 1 atom stereocenters. The van der Waals surface area contributed by atoms with Gasteiger partial charge in [0.05, 0.1) is 6.54 Å². The summed E-state index contributed by atoms with van der Waals surface area (Å²) in [5, 5.41) is 4.72. The molecule has 0 saturated carbocycles. The summed E-state index contributed by atoms with van der Waals surface area (Å²) >= 11 is 0. The molecule has 0 spiro atoms. The molecule has 1 unspecified atom stereocenters. The number of nitrogens with one attached hydrogen (secondary N) is 2. The normalized spacial score (nSPS) is 16.8. The fraction of sp³-hybridized carbons (Fsp3) is 0.333. The molecule has 6 heteroatoms. The van der Waals surface area contributed by atoms with Gasteiger partial charge in [-0.1, -0.05) is 12.1 Å². The van der Waals surface area contributed by atoms with E-state index in [1.54, 1.807) is 6.07 Å². The van der Waals surface area contributed by atoms with E-state index in [-0.39, 0.29) is 12.6 Å². The number of ether oxygens (including phenoxy) is 2. The first-order valence-electron chi connectivity index (χ1n) is 5.59. The van der Waals surface area contributed by atoms with Crippen LogP contribution in [0.25, 0.3) is 0 Å². The van der Waals surface area contributed by atoms with Gasteiger partial charge in [-0.05, 0) is 12.1 Å². The molecule has 2 amide bonds. The molecule has 2 rings (SSSR count). The zero-order chi connectivity index (χ0) is 13.0. The minimum absolute atomic E-state index is 0.223. The maximum absolute atomic E-state index is 11.2. The van der Waals surface area contributed by atoms with E-state index in [2.05, 4.69) is 10.6 Å². The number of carbonyl (C=O) groups excluding carboxylic acids is 2. The van der Waals surface area contributed by atoms with Crippen LogP contribution in [0.5, 0.6) is 11.5 Å². The minimum Gasteiger partial charge on any atom is -0.486 e. The van der Waals surface area contributed by atoms with Crippen molar-refractivity contribution in [2.45, 2.75) is 6.10 Å². The molecular weight excluding hydrogens is 236 g/mol. The highest BCUT2D eigenvalue weighted by molar-refractivity contribution is 6.35. The first-order chi connectivity index (χ1) is 8.70. The summed E-state index contributed by atoms with van der Waals surface area (Å²) in [4.78, 5) is 22.2. The Balaban J connectivity index is 1.87. The molecule has 1 aromatic rings. The molecule has 18 heavy (non-hydrogen) atoms. The third-order valence-electron chi connectivity index (χ3n) is 2.49. The summed E-state index contributed by atoms with van der Waals surface area (Å²) in [5.41, 5.74) is 0. The fourth-order valence-corrected chi connectivity index (χ4v) is 1.56. The summed E-state index contributed by atoms with van der Waals surface area (Å²) in [7, 11) is 1.40. The predicted molar refractivity (Wildman–Crippen MR) is 63.4 cm³/mol. The van der Waals surface area contributed by atoms with E-state index in [9.17, 15) is 9.59 Å². The Morgan fingerprint density at radius 1 is 1.28 bits per heavy atom. The topological polar surface area (TPSA) is 76.7 Å². The van der Waals surface area contributed by atoms with Crippen LogP contribution >= 0.6 is 0 Å². The molecule has 6 nitrogen and oxygen atoms in total. The minimum atomic E-state index is -0.681. The average molecular weight is 250 g/mol. The molecule has 1 heterocycles. The highest BCUT2D eigenvalue weighted by Gasteiger charge is 2.22. The Morgan fingerprint density at radius 2 is 2.00 bits per heavy atom.